The molecule has 2 aromatic carbocycles. The van der Waals surface area contributed by atoms with E-state index in [2.05, 4.69) is 0 Å². The first-order chi connectivity index (χ1) is 15.5. The van der Waals surface area contributed by atoms with E-state index in [0.717, 1.165) is 0 Å². The minimum absolute atomic E-state index is 0.0239. The van der Waals surface area contributed by atoms with Crippen LogP contribution in [0.4, 0.5) is 5.69 Å². The number of hydrogen-bond acceptors (Lipinski definition) is 7. The Kier molecular flexibility index (Phi) is 4.67. The summed E-state index contributed by atoms with van der Waals surface area (Å²) in [7, 11) is 0. The summed E-state index contributed by atoms with van der Waals surface area (Å²) in [4.78, 5) is 38.8. The summed E-state index contributed by atoms with van der Waals surface area (Å²) >= 11 is 1.38. The van der Waals surface area contributed by atoms with Gasteiger partial charge in [-0.15, -0.1) is 0 Å². The number of ether oxygens (including phenoxy) is 2. The number of hydrogen-bond donors (Lipinski definition) is 2. The third-order valence-electron chi connectivity index (χ3n) is 5.32. The molecule has 1 amide bonds. The summed E-state index contributed by atoms with van der Waals surface area (Å²) in [6.07, 6.45) is 0. The van der Waals surface area contributed by atoms with E-state index in [9.17, 15) is 24.6 Å². The Labute approximate surface area is 185 Å². The normalized spacial score (nSPS) is 18.9. The van der Waals surface area contributed by atoms with Crippen LogP contribution in [0, 0.1) is 0 Å². The van der Waals surface area contributed by atoms with E-state index in [0.29, 0.717) is 22.6 Å². The molecule has 2 aliphatic heterocycles. The monoisotopic (exact) mass is 449 g/mol. The van der Waals surface area contributed by atoms with Gasteiger partial charge in [-0.1, -0.05) is 6.07 Å². The molecule has 3 aromatic rings. The van der Waals surface area contributed by atoms with Crippen LogP contribution in [0.25, 0.3) is 5.76 Å². The van der Waals surface area contributed by atoms with Crippen molar-refractivity contribution in [3.05, 3.63) is 81.6 Å². The van der Waals surface area contributed by atoms with Gasteiger partial charge in [-0.25, -0.2) is 4.79 Å². The summed E-state index contributed by atoms with van der Waals surface area (Å²) in [6, 6.07) is 11.3. The van der Waals surface area contributed by atoms with Crippen molar-refractivity contribution in [1.82, 2.24) is 0 Å². The number of aliphatic hydroxyl groups excluding tert-OH is 1. The number of carboxylic acids is 1. The van der Waals surface area contributed by atoms with Gasteiger partial charge in [-0.05, 0) is 58.8 Å². The van der Waals surface area contributed by atoms with Crippen LogP contribution in [0.2, 0.25) is 0 Å². The van der Waals surface area contributed by atoms with Crippen LogP contribution >= 0.6 is 11.3 Å². The van der Waals surface area contributed by atoms with Crippen molar-refractivity contribution in [3.8, 4) is 11.5 Å². The third kappa shape index (κ3) is 3.10. The lowest BCUT2D eigenvalue weighted by molar-refractivity contribution is -0.132. The smallest absolute Gasteiger partial charge is 0.335 e. The quantitative estimate of drug-likeness (QED) is 0.354. The summed E-state index contributed by atoms with van der Waals surface area (Å²) in [6.45, 7) is 0.0543. The predicted octanol–water partition coefficient (Wildman–Crippen LogP) is 3.80. The Morgan fingerprint density at radius 1 is 1.00 bits per heavy atom. The van der Waals surface area contributed by atoms with Crippen molar-refractivity contribution in [2.75, 3.05) is 11.7 Å². The molecule has 9 heteroatoms. The number of carbonyl (C=O) groups excluding carboxylic acids is 2. The third-order valence-corrected chi connectivity index (χ3v) is 6.02. The van der Waals surface area contributed by atoms with E-state index in [4.69, 9.17) is 9.47 Å². The van der Waals surface area contributed by atoms with Gasteiger partial charge in [0.1, 0.15) is 5.76 Å². The number of nitrogens with zero attached hydrogens (tertiary/aromatic N) is 1. The molecular formula is C23H15NO7S. The van der Waals surface area contributed by atoms with Crippen LogP contribution in [0.5, 0.6) is 11.5 Å². The van der Waals surface area contributed by atoms with E-state index >= 15 is 0 Å². The van der Waals surface area contributed by atoms with E-state index < -0.39 is 23.7 Å². The van der Waals surface area contributed by atoms with Gasteiger partial charge in [0, 0.05) is 11.3 Å². The number of rotatable bonds is 4. The number of anilines is 1. The summed E-state index contributed by atoms with van der Waals surface area (Å²) in [5.74, 6) is -2.29. The number of Topliss-reactive ketones (excluding diaryl/α,β-unsaturated/α-hetero) is 1. The summed E-state index contributed by atoms with van der Waals surface area (Å²) in [5.41, 5.74) is 1.05. The largest absolute Gasteiger partial charge is 0.507 e. The Hall–Kier alpha value is -4.11. The van der Waals surface area contributed by atoms with Crippen LogP contribution in [-0.2, 0) is 9.59 Å². The standard InChI is InChI=1S/C23H15NO7S/c25-20(12-4-5-16-17(9-12)31-11-30-16)18-19(14-6-7-32-10-14)24(22(27)21(18)26)15-3-1-2-13(8-15)23(28)29/h1-10,19,25H,11H2,(H,28,29)/b20-18+. The lowest BCUT2D eigenvalue weighted by atomic mass is 9.96. The summed E-state index contributed by atoms with van der Waals surface area (Å²) < 4.78 is 10.6. The number of amides is 1. The van der Waals surface area contributed by atoms with E-state index in [1.165, 1.54) is 34.4 Å². The van der Waals surface area contributed by atoms with E-state index in [1.54, 1.807) is 41.1 Å². The van der Waals surface area contributed by atoms with Gasteiger partial charge >= 0.3 is 5.97 Å². The van der Waals surface area contributed by atoms with Gasteiger partial charge in [-0.3, -0.25) is 14.5 Å². The van der Waals surface area contributed by atoms with Gasteiger partial charge in [-0.2, -0.15) is 11.3 Å². The Morgan fingerprint density at radius 2 is 1.81 bits per heavy atom. The van der Waals surface area contributed by atoms with Gasteiger partial charge in [0.25, 0.3) is 11.7 Å². The van der Waals surface area contributed by atoms with Gasteiger partial charge < -0.3 is 19.7 Å². The number of aromatic carboxylic acids is 1. The van der Waals surface area contributed by atoms with Crippen LogP contribution in [-0.4, -0.2) is 34.7 Å². The number of carbonyl (C=O) groups is 3. The summed E-state index contributed by atoms with van der Waals surface area (Å²) in [5, 5.41) is 24.0. The van der Waals surface area contributed by atoms with Crippen LogP contribution in [0.15, 0.2) is 64.9 Å². The molecule has 32 heavy (non-hydrogen) atoms. The highest BCUT2D eigenvalue weighted by Gasteiger charge is 2.47. The molecular weight excluding hydrogens is 434 g/mol. The zero-order valence-electron chi connectivity index (χ0n) is 16.3. The fourth-order valence-electron chi connectivity index (χ4n) is 3.83. The van der Waals surface area contributed by atoms with E-state index in [-0.39, 0.29) is 29.4 Å². The second-order valence-electron chi connectivity index (χ2n) is 7.15. The average molecular weight is 449 g/mol. The molecule has 8 nitrogen and oxygen atoms in total. The molecule has 0 bridgehead atoms. The topological polar surface area (TPSA) is 113 Å². The zero-order chi connectivity index (χ0) is 22.4. The number of carboxylic acid groups (broad SMARTS) is 1. The fraction of sp³-hybridized carbons (Fsp3) is 0.0870. The number of benzene rings is 2. The van der Waals surface area contributed by atoms with Crippen LogP contribution in [0.1, 0.15) is 27.5 Å². The Balaban J connectivity index is 1.68. The molecule has 1 saturated heterocycles. The first kappa shape index (κ1) is 19.8. The Bertz CT molecular complexity index is 1300. The second kappa shape index (κ2) is 7.54. The van der Waals surface area contributed by atoms with Crippen LogP contribution in [0.3, 0.4) is 0 Å². The highest BCUT2D eigenvalue weighted by atomic mass is 32.1. The molecule has 3 heterocycles. The lowest BCUT2D eigenvalue weighted by Gasteiger charge is -2.24. The first-order valence-electron chi connectivity index (χ1n) is 9.52. The predicted molar refractivity (Wildman–Crippen MR) is 115 cm³/mol. The van der Waals surface area contributed by atoms with Crippen molar-refractivity contribution in [3.63, 3.8) is 0 Å². The van der Waals surface area contributed by atoms with Crippen molar-refractivity contribution in [1.29, 1.82) is 0 Å². The first-order valence-corrected chi connectivity index (χ1v) is 10.5. The molecule has 160 valence electrons. The van der Waals surface area contributed by atoms with Crippen LogP contribution < -0.4 is 14.4 Å². The molecule has 1 fully saturated rings. The molecule has 2 aliphatic rings. The minimum Gasteiger partial charge on any atom is -0.507 e. The molecule has 0 radical (unpaired) electrons. The highest BCUT2D eigenvalue weighted by molar-refractivity contribution is 7.08. The number of thiophene rings is 1. The maximum Gasteiger partial charge on any atom is 0.335 e. The average Bonchev–Trinajstić information content (AvgIpc) is 3.53. The molecule has 1 aromatic heterocycles. The molecule has 2 N–H and O–H groups in total. The molecule has 0 spiro atoms. The number of aliphatic hydroxyl groups is 1. The number of ketones is 1. The van der Waals surface area contributed by atoms with Gasteiger partial charge in [0.2, 0.25) is 6.79 Å². The highest BCUT2D eigenvalue weighted by Crippen LogP contribution is 2.44. The second-order valence-corrected chi connectivity index (χ2v) is 7.93. The minimum atomic E-state index is -1.16. The maximum atomic E-state index is 13.1. The molecule has 1 atom stereocenters. The van der Waals surface area contributed by atoms with Gasteiger partial charge in [0.05, 0.1) is 17.2 Å². The number of fused-ring (bicyclic) bond motifs is 1. The molecule has 0 saturated carbocycles. The Morgan fingerprint density at radius 3 is 2.56 bits per heavy atom. The lowest BCUT2D eigenvalue weighted by Crippen LogP contribution is -2.29. The van der Waals surface area contributed by atoms with E-state index in [1.807, 2.05) is 0 Å². The molecule has 5 rings (SSSR count). The van der Waals surface area contributed by atoms with Gasteiger partial charge in [0.15, 0.2) is 11.5 Å². The van der Waals surface area contributed by atoms with Crippen molar-refractivity contribution >= 4 is 40.4 Å². The van der Waals surface area contributed by atoms with Crippen molar-refractivity contribution in [2.24, 2.45) is 0 Å². The maximum absolute atomic E-state index is 13.1. The fourth-order valence-corrected chi connectivity index (χ4v) is 4.51. The van der Waals surface area contributed by atoms with Crippen molar-refractivity contribution < 1.29 is 34.1 Å². The molecule has 0 aliphatic carbocycles. The van der Waals surface area contributed by atoms with Crippen molar-refractivity contribution in [2.45, 2.75) is 6.04 Å². The zero-order valence-corrected chi connectivity index (χ0v) is 17.2. The SMILES string of the molecule is O=C1C(=O)N(c2cccc(C(=O)O)c2)C(c2ccsc2)/C1=C(\O)c1ccc2c(c1)OCO2. The molecule has 1 unspecified atom stereocenters.